The van der Waals surface area contributed by atoms with Crippen LogP contribution in [0.5, 0.6) is 11.5 Å². The Bertz CT molecular complexity index is 1210. The Labute approximate surface area is 203 Å². The van der Waals surface area contributed by atoms with Crippen molar-refractivity contribution in [2.75, 3.05) is 14.2 Å². The SMILES string of the molecule is COc1cccc(Cl)c1[C@@H]1C[C@H]1C(=O)NC(C)CC(C)NC(=O)c1cnn2cccc(OC)c12. The van der Waals surface area contributed by atoms with Gasteiger partial charge in [0.2, 0.25) is 5.91 Å². The van der Waals surface area contributed by atoms with Gasteiger partial charge in [-0.25, -0.2) is 4.52 Å². The number of fused-ring (bicyclic) bond motifs is 1. The van der Waals surface area contributed by atoms with Crippen LogP contribution in [0, 0.1) is 5.92 Å². The fourth-order valence-electron chi connectivity index (χ4n) is 4.50. The van der Waals surface area contributed by atoms with Crippen LogP contribution >= 0.6 is 11.6 Å². The van der Waals surface area contributed by atoms with Crippen LogP contribution in [0.1, 0.15) is 48.5 Å². The molecule has 1 aliphatic carbocycles. The Hall–Kier alpha value is -3.26. The van der Waals surface area contributed by atoms with Crippen LogP contribution in [0.4, 0.5) is 0 Å². The van der Waals surface area contributed by atoms with E-state index >= 15 is 0 Å². The molecule has 0 aliphatic heterocycles. The second-order valence-electron chi connectivity index (χ2n) is 8.75. The van der Waals surface area contributed by atoms with Gasteiger partial charge < -0.3 is 20.1 Å². The average Bonchev–Trinajstić information content (AvgIpc) is 3.47. The van der Waals surface area contributed by atoms with Gasteiger partial charge in [-0.1, -0.05) is 17.7 Å². The number of aromatic nitrogens is 2. The number of methoxy groups -OCH3 is 2. The van der Waals surface area contributed by atoms with E-state index in [1.165, 1.54) is 6.20 Å². The van der Waals surface area contributed by atoms with Crippen molar-refractivity contribution in [1.82, 2.24) is 20.2 Å². The van der Waals surface area contributed by atoms with Crippen molar-refractivity contribution in [3.63, 3.8) is 0 Å². The molecule has 180 valence electrons. The Morgan fingerprint density at radius 2 is 1.82 bits per heavy atom. The lowest BCUT2D eigenvalue weighted by Crippen LogP contribution is -2.41. The quantitative estimate of drug-likeness (QED) is 0.481. The number of amides is 2. The number of rotatable bonds is 9. The minimum atomic E-state index is -0.237. The normalized spacial score (nSPS) is 18.7. The summed E-state index contributed by atoms with van der Waals surface area (Å²) >= 11 is 6.37. The molecule has 0 radical (unpaired) electrons. The van der Waals surface area contributed by atoms with E-state index in [-0.39, 0.29) is 35.7 Å². The third kappa shape index (κ3) is 4.82. The fourth-order valence-corrected chi connectivity index (χ4v) is 4.81. The van der Waals surface area contributed by atoms with Crippen LogP contribution in [0.25, 0.3) is 5.52 Å². The summed E-state index contributed by atoms with van der Waals surface area (Å²) < 4.78 is 12.4. The summed E-state index contributed by atoms with van der Waals surface area (Å²) in [7, 11) is 3.16. The van der Waals surface area contributed by atoms with Gasteiger partial charge in [0.1, 0.15) is 17.0 Å². The van der Waals surface area contributed by atoms with Gasteiger partial charge in [-0.3, -0.25) is 9.59 Å². The minimum absolute atomic E-state index is 0.00892. The molecule has 2 N–H and O–H groups in total. The van der Waals surface area contributed by atoms with Crippen LogP contribution in [0.2, 0.25) is 5.02 Å². The van der Waals surface area contributed by atoms with Gasteiger partial charge in [0.25, 0.3) is 5.91 Å². The lowest BCUT2D eigenvalue weighted by Gasteiger charge is -2.20. The zero-order chi connectivity index (χ0) is 24.4. The monoisotopic (exact) mass is 484 g/mol. The van der Waals surface area contributed by atoms with Crippen molar-refractivity contribution in [2.45, 2.75) is 44.7 Å². The van der Waals surface area contributed by atoms with Gasteiger partial charge in [-0.2, -0.15) is 5.10 Å². The van der Waals surface area contributed by atoms with Crippen LogP contribution in [-0.4, -0.2) is 47.7 Å². The minimum Gasteiger partial charge on any atom is -0.496 e. The highest BCUT2D eigenvalue weighted by molar-refractivity contribution is 6.31. The van der Waals surface area contributed by atoms with Crippen LogP contribution < -0.4 is 20.1 Å². The Morgan fingerprint density at radius 3 is 2.56 bits per heavy atom. The summed E-state index contributed by atoms with van der Waals surface area (Å²) in [6.07, 6.45) is 4.61. The van der Waals surface area contributed by atoms with Gasteiger partial charge in [-0.05, 0) is 51.0 Å². The van der Waals surface area contributed by atoms with E-state index in [9.17, 15) is 9.59 Å². The van der Waals surface area contributed by atoms with Gasteiger partial charge in [-0.15, -0.1) is 0 Å². The van der Waals surface area contributed by atoms with Crippen molar-refractivity contribution in [2.24, 2.45) is 5.92 Å². The molecule has 1 aliphatic rings. The third-order valence-corrected chi connectivity index (χ3v) is 6.50. The molecule has 34 heavy (non-hydrogen) atoms. The second-order valence-corrected chi connectivity index (χ2v) is 9.16. The van der Waals surface area contributed by atoms with E-state index in [4.69, 9.17) is 21.1 Å². The number of ether oxygens (including phenoxy) is 2. The predicted molar refractivity (Wildman–Crippen MR) is 130 cm³/mol. The first-order valence-corrected chi connectivity index (χ1v) is 11.7. The molecule has 8 nitrogen and oxygen atoms in total. The van der Waals surface area contributed by atoms with E-state index in [1.807, 2.05) is 32.0 Å². The first-order valence-electron chi connectivity index (χ1n) is 11.3. The van der Waals surface area contributed by atoms with Crippen molar-refractivity contribution >= 4 is 28.9 Å². The third-order valence-electron chi connectivity index (χ3n) is 6.17. The summed E-state index contributed by atoms with van der Waals surface area (Å²) in [5, 5.41) is 10.9. The maximum Gasteiger partial charge on any atom is 0.255 e. The maximum atomic E-state index is 12.9. The number of nitrogens with zero attached hydrogens (tertiary/aromatic N) is 2. The van der Waals surface area contributed by atoms with Crippen molar-refractivity contribution < 1.29 is 19.1 Å². The van der Waals surface area contributed by atoms with Crippen molar-refractivity contribution in [3.05, 3.63) is 58.9 Å². The molecule has 4 rings (SSSR count). The lowest BCUT2D eigenvalue weighted by molar-refractivity contribution is -0.123. The standard InChI is InChI=1S/C25H29ClN4O4/c1-14(28-24(31)17-12-16(17)22-19(26)7-5-8-20(22)33-3)11-15(2)29-25(32)18-13-27-30-10-6-9-21(34-4)23(18)30/h5-10,13-17H,11-12H2,1-4H3,(H,28,31)(H,29,32)/t14?,15?,16-,17-/m1/s1. The van der Waals surface area contributed by atoms with E-state index in [2.05, 4.69) is 15.7 Å². The van der Waals surface area contributed by atoms with E-state index in [0.717, 1.165) is 12.0 Å². The number of carbonyl (C=O) groups is 2. The first kappa shape index (κ1) is 23.9. The highest BCUT2D eigenvalue weighted by Gasteiger charge is 2.46. The Balaban J connectivity index is 1.32. The summed E-state index contributed by atoms with van der Waals surface area (Å²) in [5.41, 5.74) is 1.95. The van der Waals surface area contributed by atoms with Gasteiger partial charge in [0.15, 0.2) is 0 Å². The lowest BCUT2D eigenvalue weighted by atomic mass is 10.1. The molecule has 1 aromatic carbocycles. The zero-order valence-electron chi connectivity index (χ0n) is 19.7. The molecule has 4 atom stereocenters. The molecule has 2 aromatic heterocycles. The predicted octanol–water partition coefficient (Wildman–Crippen LogP) is 3.82. The number of nitrogens with one attached hydrogen (secondary N) is 2. The molecule has 2 heterocycles. The molecule has 0 bridgehead atoms. The van der Waals surface area contributed by atoms with E-state index in [0.29, 0.717) is 34.0 Å². The number of carbonyl (C=O) groups excluding carboxylic acids is 2. The largest absolute Gasteiger partial charge is 0.496 e. The van der Waals surface area contributed by atoms with Crippen molar-refractivity contribution in [1.29, 1.82) is 0 Å². The summed E-state index contributed by atoms with van der Waals surface area (Å²) in [4.78, 5) is 25.7. The molecule has 2 amide bonds. The van der Waals surface area contributed by atoms with Crippen LogP contribution in [-0.2, 0) is 4.79 Å². The molecule has 9 heteroatoms. The summed E-state index contributed by atoms with van der Waals surface area (Å²) in [6.45, 7) is 3.85. The number of pyridine rings is 1. The first-order chi connectivity index (χ1) is 16.3. The number of benzene rings is 1. The van der Waals surface area contributed by atoms with Gasteiger partial charge >= 0.3 is 0 Å². The van der Waals surface area contributed by atoms with E-state index in [1.54, 1.807) is 37.1 Å². The van der Waals surface area contributed by atoms with Crippen LogP contribution in [0.15, 0.2) is 42.7 Å². The maximum absolute atomic E-state index is 12.9. The highest BCUT2D eigenvalue weighted by atomic mass is 35.5. The summed E-state index contributed by atoms with van der Waals surface area (Å²) in [6, 6.07) is 8.84. The summed E-state index contributed by atoms with van der Waals surface area (Å²) in [5.74, 6) is 0.962. The molecule has 3 aromatic rings. The smallest absolute Gasteiger partial charge is 0.255 e. The Morgan fingerprint density at radius 1 is 1.12 bits per heavy atom. The molecular weight excluding hydrogens is 456 g/mol. The number of halogens is 1. The number of hydrogen-bond donors (Lipinski definition) is 2. The highest BCUT2D eigenvalue weighted by Crippen LogP contribution is 2.52. The molecular formula is C25H29ClN4O4. The molecule has 1 saturated carbocycles. The fraction of sp³-hybridized carbons (Fsp3) is 0.400. The number of hydrogen-bond acceptors (Lipinski definition) is 5. The van der Waals surface area contributed by atoms with Crippen molar-refractivity contribution in [3.8, 4) is 11.5 Å². The molecule has 0 saturated heterocycles. The molecule has 2 unspecified atom stereocenters. The second kappa shape index (κ2) is 9.93. The van der Waals surface area contributed by atoms with Crippen LogP contribution in [0.3, 0.4) is 0 Å². The average molecular weight is 485 g/mol. The van der Waals surface area contributed by atoms with E-state index < -0.39 is 0 Å². The molecule has 0 spiro atoms. The Kier molecular flexibility index (Phi) is 6.97. The van der Waals surface area contributed by atoms with Gasteiger partial charge in [0, 0.05) is 40.7 Å². The topological polar surface area (TPSA) is 94.0 Å². The zero-order valence-corrected chi connectivity index (χ0v) is 20.4. The van der Waals surface area contributed by atoms with Gasteiger partial charge in [0.05, 0.1) is 26.0 Å². The molecule has 1 fully saturated rings.